The summed E-state index contributed by atoms with van der Waals surface area (Å²) in [7, 11) is 0. The Kier molecular flexibility index (Phi) is 4.50. The van der Waals surface area contributed by atoms with Gasteiger partial charge in [-0.1, -0.05) is 13.8 Å². The van der Waals surface area contributed by atoms with E-state index in [4.69, 9.17) is 10.5 Å². The zero-order valence-corrected chi connectivity index (χ0v) is 13.0. The number of hydrogen-bond donors (Lipinski definition) is 1. The van der Waals surface area contributed by atoms with E-state index >= 15 is 0 Å². The van der Waals surface area contributed by atoms with Gasteiger partial charge in [0.1, 0.15) is 5.75 Å². The fourth-order valence-electron chi connectivity index (χ4n) is 2.46. The molecule has 0 radical (unpaired) electrons. The van der Waals surface area contributed by atoms with Gasteiger partial charge in [0.05, 0.1) is 11.8 Å². The zero-order chi connectivity index (χ0) is 14.0. The van der Waals surface area contributed by atoms with Crippen LogP contribution in [-0.4, -0.2) is 29.7 Å². The number of anilines is 2. The van der Waals surface area contributed by atoms with Crippen molar-refractivity contribution in [2.75, 3.05) is 23.7 Å². The van der Waals surface area contributed by atoms with Crippen molar-refractivity contribution in [2.45, 2.75) is 44.3 Å². The molecule has 2 rings (SSSR count). The van der Waals surface area contributed by atoms with E-state index in [2.05, 4.69) is 42.6 Å². The first-order chi connectivity index (χ1) is 8.95. The van der Waals surface area contributed by atoms with Crippen LogP contribution in [0.25, 0.3) is 0 Å². The SMILES string of the molecule is CC(C)Oc1cc(N2CC(C)SC(C)C2)ccc1N. The van der Waals surface area contributed by atoms with Crippen LogP contribution in [0.15, 0.2) is 18.2 Å². The molecule has 1 fully saturated rings. The Bertz CT molecular complexity index is 426. The molecular weight excluding hydrogens is 256 g/mol. The number of nitrogens with two attached hydrogens (primary N) is 1. The van der Waals surface area contributed by atoms with Gasteiger partial charge < -0.3 is 15.4 Å². The Hall–Kier alpha value is -1.03. The van der Waals surface area contributed by atoms with Crippen LogP contribution in [-0.2, 0) is 0 Å². The first-order valence-corrected chi connectivity index (χ1v) is 7.86. The maximum atomic E-state index is 5.97. The molecule has 1 aromatic rings. The highest BCUT2D eigenvalue weighted by Crippen LogP contribution is 2.33. The summed E-state index contributed by atoms with van der Waals surface area (Å²) in [6, 6.07) is 6.12. The van der Waals surface area contributed by atoms with Gasteiger partial charge in [0.25, 0.3) is 0 Å². The van der Waals surface area contributed by atoms with Gasteiger partial charge in [-0.15, -0.1) is 0 Å². The summed E-state index contributed by atoms with van der Waals surface area (Å²) in [6.07, 6.45) is 0.146. The summed E-state index contributed by atoms with van der Waals surface area (Å²) in [5, 5.41) is 1.33. The fraction of sp³-hybridized carbons (Fsp3) is 0.600. The molecule has 1 saturated heterocycles. The van der Waals surface area contributed by atoms with Gasteiger partial charge in [-0.2, -0.15) is 11.8 Å². The highest BCUT2D eigenvalue weighted by molar-refractivity contribution is 8.00. The molecule has 0 spiro atoms. The van der Waals surface area contributed by atoms with Crippen molar-refractivity contribution in [1.29, 1.82) is 0 Å². The Morgan fingerprint density at radius 1 is 1.26 bits per heavy atom. The second kappa shape index (κ2) is 5.95. The van der Waals surface area contributed by atoms with Crippen LogP contribution in [0.4, 0.5) is 11.4 Å². The predicted molar refractivity (Wildman–Crippen MR) is 85.3 cm³/mol. The van der Waals surface area contributed by atoms with Crippen molar-refractivity contribution in [3.8, 4) is 5.75 Å². The molecule has 0 aromatic heterocycles. The van der Waals surface area contributed by atoms with E-state index in [1.807, 2.05) is 19.9 Å². The molecule has 2 N–H and O–H groups in total. The van der Waals surface area contributed by atoms with Crippen LogP contribution in [0.2, 0.25) is 0 Å². The number of ether oxygens (including phenoxy) is 1. The Labute approximate surface area is 120 Å². The number of nitrogens with zero attached hydrogens (tertiary/aromatic N) is 1. The maximum absolute atomic E-state index is 5.97. The van der Waals surface area contributed by atoms with Gasteiger partial charge in [0.15, 0.2) is 0 Å². The lowest BCUT2D eigenvalue weighted by molar-refractivity contribution is 0.244. The highest BCUT2D eigenvalue weighted by Gasteiger charge is 2.23. The molecule has 3 nitrogen and oxygen atoms in total. The summed E-state index contributed by atoms with van der Waals surface area (Å²) >= 11 is 2.06. The molecule has 1 aliphatic heterocycles. The molecule has 0 aliphatic carbocycles. The van der Waals surface area contributed by atoms with Gasteiger partial charge in [-0.25, -0.2) is 0 Å². The molecule has 1 aliphatic rings. The second-order valence-electron chi connectivity index (χ2n) is 5.55. The summed E-state index contributed by atoms with van der Waals surface area (Å²) < 4.78 is 5.77. The number of benzene rings is 1. The lowest BCUT2D eigenvalue weighted by atomic mass is 10.2. The molecule has 106 valence electrons. The van der Waals surface area contributed by atoms with E-state index < -0.39 is 0 Å². The van der Waals surface area contributed by atoms with Crippen molar-refractivity contribution in [2.24, 2.45) is 0 Å². The van der Waals surface area contributed by atoms with Crippen LogP contribution >= 0.6 is 11.8 Å². The number of nitrogen functional groups attached to an aromatic ring is 1. The smallest absolute Gasteiger partial charge is 0.144 e. The maximum Gasteiger partial charge on any atom is 0.144 e. The molecule has 1 aromatic carbocycles. The summed E-state index contributed by atoms with van der Waals surface area (Å²) in [5.74, 6) is 0.797. The minimum absolute atomic E-state index is 0.146. The Balaban J connectivity index is 2.20. The standard InChI is InChI=1S/C15H24N2OS/c1-10(2)18-15-7-13(5-6-14(15)16)17-8-11(3)19-12(4)9-17/h5-7,10-12H,8-9,16H2,1-4H3. The predicted octanol–water partition coefficient (Wildman–Crippen LogP) is 3.39. The normalized spacial score (nSPS) is 23.7. The third-order valence-corrected chi connectivity index (χ3v) is 4.37. The largest absolute Gasteiger partial charge is 0.489 e. The van der Waals surface area contributed by atoms with Crippen molar-refractivity contribution < 1.29 is 4.74 Å². The highest BCUT2D eigenvalue weighted by atomic mass is 32.2. The summed E-state index contributed by atoms with van der Waals surface area (Å²) in [5.41, 5.74) is 7.90. The summed E-state index contributed by atoms with van der Waals surface area (Å²) in [4.78, 5) is 2.43. The molecule has 0 saturated carbocycles. The van der Waals surface area contributed by atoms with Crippen molar-refractivity contribution in [1.82, 2.24) is 0 Å². The van der Waals surface area contributed by atoms with Gasteiger partial charge in [0, 0.05) is 35.3 Å². The van der Waals surface area contributed by atoms with Gasteiger partial charge in [0.2, 0.25) is 0 Å². The van der Waals surface area contributed by atoms with Crippen LogP contribution in [0.3, 0.4) is 0 Å². The van der Waals surface area contributed by atoms with E-state index in [0.717, 1.165) is 18.8 Å². The molecule has 0 amide bonds. The molecule has 0 bridgehead atoms. The van der Waals surface area contributed by atoms with Crippen LogP contribution in [0.5, 0.6) is 5.75 Å². The molecule has 2 unspecified atom stereocenters. The third-order valence-electron chi connectivity index (χ3n) is 3.14. The molecule has 19 heavy (non-hydrogen) atoms. The van der Waals surface area contributed by atoms with Crippen LogP contribution < -0.4 is 15.4 Å². The van der Waals surface area contributed by atoms with Crippen molar-refractivity contribution in [3.05, 3.63) is 18.2 Å². The monoisotopic (exact) mass is 280 g/mol. The average Bonchev–Trinajstić information content (AvgIpc) is 2.30. The molecular formula is C15H24N2OS. The first-order valence-electron chi connectivity index (χ1n) is 6.92. The van der Waals surface area contributed by atoms with E-state index in [1.165, 1.54) is 5.69 Å². The first kappa shape index (κ1) is 14.4. The van der Waals surface area contributed by atoms with Gasteiger partial charge in [-0.05, 0) is 26.0 Å². The Morgan fingerprint density at radius 2 is 1.89 bits per heavy atom. The van der Waals surface area contributed by atoms with Crippen molar-refractivity contribution in [3.63, 3.8) is 0 Å². The van der Waals surface area contributed by atoms with E-state index in [9.17, 15) is 0 Å². The minimum Gasteiger partial charge on any atom is -0.489 e. The zero-order valence-electron chi connectivity index (χ0n) is 12.2. The lowest BCUT2D eigenvalue weighted by Crippen LogP contribution is -2.40. The second-order valence-corrected chi connectivity index (χ2v) is 7.43. The summed E-state index contributed by atoms with van der Waals surface area (Å²) in [6.45, 7) is 10.8. The molecule has 4 heteroatoms. The molecule has 2 atom stereocenters. The van der Waals surface area contributed by atoms with Gasteiger partial charge in [-0.3, -0.25) is 0 Å². The quantitative estimate of drug-likeness (QED) is 0.861. The van der Waals surface area contributed by atoms with Crippen molar-refractivity contribution >= 4 is 23.1 Å². The number of rotatable bonds is 3. The van der Waals surface area contributed by atoms with E-state index in [-0.39, 0.29) is 6.10 Å². The Morgan fingerprint density at radius 3 is 2.47 bits per heavy atom. The lowest BCUT2D eigenvalue weighted by Gasteiger charge is -2.36. The fourth-order valence-corrected chi connectivity index (χ4v) is 3.79. The number of thioether (sulfide) groups is 1. The van der Waals surface area contributed by atoms with E-state index in [1.54, 1.807) is 0 Å². The third kappa shape index (κ3) is 3.72. The average molecular weight is 280 g/mol. The minimum atomic E-state index is 0.146. The van der Waals surface area contributed by atoms with E-state index in [0.29, 0.717) is 16.2 Å². The molecule has 1 heterocycles. The van der Waals surface area contributed by atoms with Crippen LogP contribution in [0.1, 0.15) is 27.7 Å². The topological polar surface area (TPSA) is 38.5 Å². The van der Waals surface area contributed by atoms with Crippen LogP contribution in [0, 0.1) is 0 Å². The number of hydrogen-bond acceptors (Lipinski definition) is 4. The van der Waals surface area contributed by atoms with Gasteiger partial charge >= 0.3 is 0 Å².